The quantitative estimate of drug-likeness (QED) is 0.209. The predicted octanol–water partition coefficient (Wildman–Crippen LogP) is 3.16. The summed E-state index contributed by atoms with van der Waals surface area (Å²) in [5.74, 6) is -4.74. The van der Waals surface area contributed by atoms with E-state index in [1.165, 1.54) is 0 Å². The molecule has 0 saturated carbocycles. The van der Waals surface area contributed by atoms with Gasteiger partial charge in [0.2, 0.25) is 11.8 Å². The molecule has 0 unspecified atom stereocenters. The SMILES string of the molecule is CC(C)[C@H](NC(=O)OCc1ccccc1)C(=O)N[C@@H](CCc1ccccc1)C(=O)N[C@@H](CC(=O)O)C(=O)COCC(F)(F)F. The number of ether oxygens (including phenoxy) is 2. The standard InChI is InChI=1S/C30H36F3N3O8/c1-19(2)26(36-29(42)44-16-21-11-7-4-8-12-21)28(41)34-22(14-13-20-9-5-3-6-10-20)27(40)35-23(15-25(38)39)24(37)17-43-18-30(31,32)33/h3-12,19,22-23,26H,13-18H2,1-2H3,(H,34,41)(H,35,40)(H,36,42)(H,38,39)/t22-,23-,26-/m0/s1. The van der Waals surface area contributed by atoms with Gasteiger partial charge >= 0.3 is 18.2 Å². The summed E-state index contributed by atoms with van der Waals surface area (Å²) in [4.78, 5) is 62.9. The zero-order valence-corrected chi connectivity index (χ0v) is 24.3. The van der Waals surface area contributed by atoms with Gasteiger partial charge in [-0.2, -0.15) is 13.2 Å². The third-order valence-corrected chi connectivity index (χ3v) is 6.23. The molecule has 3 atom stereocenters. The number of alkyl halides is 3. The van der Waals surface area contributed by atoms with Gasteiger partial charge in [0.25, 0.3) is 0 Å². The van der Waals surface area contributed by atoms with Crippen molar-refractivity contribution >= 4 is 29.7 Å². The molecule has 0 radical (unpaired) electrons. The van der Waals surface area contributed by atoms with E-state index in [0.717, 1.165) is 11.1 Å². The molecule has 2 rings (SSSR count). The zero-order chi connectivity index (χ0) is 32.7. The number of carboxylic acid groups (broad SMARTS) is 1. The third kappa shape index (κ3) is 13.7. The number of carboxylic acids is 1. The van der Waals surface area contributed by atoms with Gasteiger partial charge in [0.15, 0.2) is 5.78 Å². The van der Waals surface area contributed by atoms with Crippen molar-refractivity contribution < 1.29 is 51.7 Å². The molecular weight excluding hydrogens is 587 g/mol. The maximum atomic E-state index is 13.3. The van der Waals surface area contributed by atoms with Crippen LogP contribution in [-0.4, -0.2) is 72.3 Å². The minimum atomic E-state index is -4.71. The number of nitrogens with one attached hydrogen (secondary N) is 3. The van der Waals surface area contributed by atoms with Gasteiger partial charge in [-0.25, -0.2) is 4.79 Å². The summed E-state index contributed by atoms with van der Waals surface area (Å²) in [5, 5.41) is 16.5. The molecule has 0 saturated heterocycles. The Morgan fingerprint density at radius 3 is 1.93 bits per heavy atom. The van der Waals surface area contributed by atoms with Crippen LogP contribution in [0, 0.1) is 5.92 Å². The lowest BCUT2D eigenvalue weighted by Crippen LogP contribution is -2.57. The van der Waals surface area contributed by atoms with Crippen molar-refractivity contribution in [1.82, 2.24) is 16.0 Å². The van der Waals surface area contributed by atoms with E-state index >= 15 is 0 Å². The van der Waals surface area contributed by atoms with Crippen molar-refractivity contribution in [2.45, 2.75) is 64.0 Å². The number of carbonyl (C=O) groups is 5. The van der Waals surface area contributed by atoms with Crippen LogP contribution in [0.5, 0.6) is 0 Å². The third-order valence-electron chi connectivity index (χ3n) is 6.23. The number of hydrogen-bond acceptors (Lipinski definition) is 7. The molecule has 44 heavy (non-hydrogen) atoms. The van der Waals surface area contributed by atoms with Gasteiger partial charge in [-0.15, -0.1) is 0 Å². The molecule has 0 bridgehead atoms. The molecule has 4 N–H and O–H groups in total. The van der Waals surface area contributed by atoms with Crippen molar-refractivity contribution in [3.05, 3.63) is 71.8 Å². The van der Waals surface area contributed by atoms with E-state index in [1.807, 2.05) is 0 Å². The summed E-state index contributed by atoms with van der Waals surface area (Å²) < 4.78 is 46.8. The van der Waals surface area contributed by atoms with Crippen LogP contribution >= 0.6 is 0 Å². The summed E-state index contributed by atoms with van der Waals surface area (Å²) in [6, 6.07) is 13.6. The van der Waals surface area contributed by atoms with Gasteiger partial charge in [-0.1, -0.05) is 74.5 Å². The normalized spacial score (nSPS) is 13.3. The molecule has 0 fully saturated rings. The highest BCUT2D eigenvalue weighted by Crippen LogP contribution is 2.15. The van der Waals surface area contributed by atoms with Crippen LogP contribution in [0.1, 0.15) is 37.8 Å². The molecule has 3 amide bonds. The molecule has 0 aromatic heterocycles. The van der Waals surface area contributed by atoms with E-state index in [2.05, 4.69) is 20.7 Å². The first-order chi connectivity index (χ1) is 20.7. The summed E-state index contributed by atoms with van der Waals surface area (Å²) in [6.45, 7) is 0.433. The number of benzene rings is 2. The summed E-state index contributed by atoms with van der Waals surface area (Å²) in [6.07, 6.45) is -6.23. The number of hydrogen-bond donors (Lipinski definition) is 4. The fourth-order valence-electron chi connectivity index (χ4n) is 3.97. The van der Waals surface area contributed by atoms with Crippen molar-refractivity contribution in [3.63, 3.8) is 0 Å². The number of carbonyl (C=O) groups excluding carboxylic acids is 4. The Labute approximate surface area is 252 Å². The largest absolute Gasteiger partial charge is 0.481 e. The van der Waals surface area contributed by atoms with Gasteiger partial charge in [0.05, 0.1) is 6.42 Å². The number of amides is 3. The molecule has 0 heterocycles. The summed E-state index contributed by atoms with van der Waals surface area (Å²) in [7, 11) is 0. The number of halogens is 3. The Bertz CT molecular complexity index is 1240. The number of aliphatic carboxylic acids is 1. The Kier molecular flexibility index (Phi) is 14.3. The number of alkyl carbamates (subject to hydrolysis) is 1. The van der Waals surface area contributed by atoms with Crippen molar-refractivity contribution in [2.75, 3.05) is 13.2 Å². The Hall–Kier alpha value is -4.46. The Morgan fingerprint density at radius 1 is 0.818 bits per heavy atom. The molecule has 0 spiro atoms. The smallest absolute Gasteiger partial charge is 0.411 e. The van der Waals surface area contributed by atoms with Crippen molar-refractivity contribution in [1.29, 1.82) is 0 Å². The Morgan fingerprint density at radius 2 is 1.39 bits per heavy atom. The molecule has 2 aromatic rings. The fraction of sp³-hybridized carbons (Fsp3) is 0.433. The number of aryl methyl sites for hydroxylation is 1. The second kappa shape index (κ2) is 17.6. The maximum absolute atomic E-state index is 13.3. The van der Waals surface area contributed by atoms with Crippen LogP contribution in [0.2, 0.25) is 0 Å². The van der Waals surface area contributed by atoms with Crippen LogP contribution in [0.25, 0.3) is 0 Å². The first-order valence-corrected chi connectivity index (χ1v) is 13.8. The highest BCUT2D eigenvalue weighted by Gasteiger charge is 2.33. The van der Waals surface area contributed by atoms with E-state index in [9.17, 15) is 42.3 Å². The summed E-state index contributed by atoms with van der Waals surface area (Å²) in [5.41, 5.74) is 1.53. The maximum Gasteiger partial charge on any atom is 0.411 e. The summed E-state index contributed by atoms with van der Waals surface area (Å²) >= 11 is 0. The van der Waals surface area contributed by atoms with E-state index < -0.39 is 79.5 Å². The highest BCUT2D eigenvalue weighted by atomic mass is 19.4. The monoisotopic (exact) mass is 623 g/mol. The predicted molar refractivity (Wildman–Crippen MR) is 151 cm³/mol. The van der Waals surface area contributed by atoms with E-state index in [0.29, 0.717) is 0 Å². The minimum absolute atomic E-state index is 0.00338. The molecule has 0 aliphatic carbocycles. The molecule has 0 aliphatic heterocycles. The van der Waals surface area contributed by atoms with Gasteiger partial charge in [-0.3, -0.25) is 19.2 Å². The molecule has 0 aliphatic rings. The first-order valence-electron chi connectivity index (χ1n) is 13.8. The lowest BCUT2D eigenvalue weighted by molar-refractivity contribution is -0.176. The van der Waals surface area contributed by atoms with Crippen molar-refractivity contribution in [2.24, 2.45) is 5.92 Å². The van der Waals surface area contributed by atoms with Gasteiger partial charge in [-0.05, 0) is 29.9 Å². The van der Waals surface area contributed by atoms with E-state index in [-0.39, 0.29) is 19.4 Å². The van der Waals surface area contributed by atoms with Crippen LogP contribution < -0.4 is 16.0 Å². The van der Waals surface area contributed by atoms with Crippen LogP contribution in [0.15, 0.2) is 60.7 Å². The number of ketones is 1. The molecule has 2 aromatic carbocycles. The molecule has 240 valence electrons. The lowest BCUT2D eigenvalue weighted by Gasteiger charge is -2.26. The number of Topliss-reactive ketones (excluding diaryl/α,β-unsaturated/α-hetero) is 1. The molecular formula is C30H36F3N3O8. The zero-order valence-electron chi connectivity index (χ0n) is 24.3. The van der Waals surface area contributed by atoms with Gasteiger partial charge in [0, 0.05) is 0 Å². The Balaban J connectivity index is 2.16. The molecule has 11 nitrogen and oxygen atoms in total. The highest BCUT2D eigenvalue weighted by molar-refractivity contribution is 5.96. The minimum Gasteiger partial charge on any atom is -0.481 e. The van der Waals surface area contributed by atoms with Crippen LogP contribution in [0.4, 0.5) is 18.0 Å². The fourth-order valence-corrected chi connectivity index (χ4v) is 3.97. The lowest BCUT2D eigenvalue weighted by atomic mass is 10.0. The van der Waals surface area contributed by atoms with E-state index in [1.54, 1.807) is 74.5 Å². The van der Waals surface area contributed by atoms with Crippen molar-refractivity contribution in [3.8, 4) is 0 Å². The average Bonchev–Trinajstić information content (AvgIpc) is 2.96. The topological polar surface area (TPSA) is 160 Å². The first kappa shape index (κ1) is 35.7. The van der Waals surface area contributed by atoms with Crippen LogP contribution in [-0.2, 0) is 41.7 Å². The average molecular weight is 624 g/mol. The van der Waals surface area contributed by atoms with Gasteiger partial charge < -0.3 is 30.5 Å². The second-order valence-corrected chi connectivity index (χ2v) is 10.2. The number of rotatable bonds is 17. The van der Waals surface area contributed by atoms with Gasteiger partial charge in [0.1, 0.15) is 37.9 Å². The second-order valence-electron chi connectivity index (χ2n) is 10.2. The van der Waals surface area contributed by atoms with E-state index in [4.69, 9.17) is 4.74 Å². The van der Waals surface area contributed by atoms with Crippen LogP contribution in [0.3, 0.4) is 0 Å². The molecule has 14 heteroatoms.